The van der Waals surface area contributed by atoms with Crippen molar-refractivity contribution in [1.29, 1.82) is 0 Å². The molecule has 50 valence electrons. The van der Waals surface area contributed by atoms with Crippen LogP contribution in [0.5, 0.6) is 0 Å². The molecule has 1 rings (SSSR count). The van der Waals surface area contributed by atoms with Gasteiger partial charge in [-0.3, -0.25) is 0 Å². The number of hydrogen-bond acceptors (Lipinski definition) is 3. The molecule has 1 N–H and O–H groups in total. The van der Waals surface area contributed by atoms with Crippen LogP contribution in [0.1, 0.15) is 0 Å². The Morgan fingerprint density at radius 3 is 3.11 bits per heavy atom. The molecule has 3 heteroatoms. The van der Waals surface area contributed by atoms with Crippen molar-refractivity contribution in [2.24, 2.45) is 0 Å². The Hall–Kier alpha value is -0.370. The van der Waals surface area contributed by atoms with E-state index in [0.717, 1.165) is 5.88 Å². The van der Waals surface area contributed by atoms with Gasteiger partial charge >= 0.3 is 0 Å². The molecule has 0 aromatic heterocycles. The third-order valence-corrected chi connectivity index (χ3v) is 1.97. The Labute approximate surface area is 59.7 Å². The van der Waals surface area contributed by atoms with Gasteiger partial charge in [-0.2, -0.15) is 0 Å². The number of rotatable bonds is 4. The average Bonchev–Trinajstić information content (AvgIpc) is 2.63. The lowest BCUT2D eigenvalue weighted by Gasteiger charge is -1.97. The summed E-state index contributed by atoms with van der Waals surface area (Å²) in [5, 5.41) is 3.03. The van der Waals surface area contributed by atoms with Crippen LogP contribution >= 0.6 is 11.9 Å². The highest BCUT2D eigenvalue weighted by atomic mass is 32.2. The Bertz CT molecular complexity index is 125. The molecule has 0 bridgehead atoms. The summed E-state index contributed by atoms with van der Waals surface area (Å²) in [6.45, 7) is 5.91. The van der Waals surface area contributed by atoms with E-state index < -0.39 is 0 Å². The highest BCUT2D eigenvalue weighted by Crippen LogP contribution is 2.16. The van der Waals surface area contributed by atoms with Crippen LogP contribution in [-0.4, -0.2) is 23.3 Å². The first-order chi connectivity index (χ1) is 4.43. The molecule has 9 heavy (non-hydrogen) atoms. The summed E-state index contributed by atoms with van der Waals surface area (Å²) in [4.78, 5) is 0. The molecule has 1 saturated heterocycles. The third-order valence-electron chi connectivity index (χ3n) is 0.941. The van der Waals surface area contributed by atoms with Crippen LogP contribution in [0.25, 0.3) is 0 Å². The van der Waals surface area contributed by atoms with Crippen molar-refractivity contribution in [3.05, 3.63) is 18.5 Å². The van der Waals surface area contributed by atoms with Crippen LogP contribution in [0.4, 0.5) is 0 Å². The van der Waals surface area contributed by atoms with Gasteiger partial charge in [0.25, 0.3) is 0 Å². The average molecular weight is 142 g/mol. The Morgan fingerprint density at radius 2 is 2.56 bits per heavy atom. The lowest BCUT2D eigenvalue weighted by molar-refractivity contribution is 0.931. The highest BCUT2D eigenvalue weighted by Gasteiger charge is 2.16. The molecule has 1 aliphatic heterocycles. The molecule has 0 amide bonds. The van der Waals surface area contributed by atoms with Crippen molar-refractivity contribution in [3.8, 4) is 0 Å². The summed E-state index contributed by atoms with van der Waals surface area (Å²) >= 11 is 1.81. The number of hydrogen-bond donors (Lipinski definition) is 1. The Morgan fingerprint density at radius 1 is 1.78 bits per heavy atom. The zero-order valence-corrected chi connectivity index (χ0v) is 6.08. The lowest BCUT2D eigenvalue weighted by atomic mass is 10.9. The maximum atomic E-state index is 3.43. The molecule has 0 saturated carbocycles. The van der Waals surface area contributed by atoms with Crippen LogP contribution in [0.2, 0.25) is 0 Å². The third kappa shape index (κ3) is 3.25. The standard InChI is InChI=1S/C6H10N2S/c1-2-3-7-6-9-8-4-5-8/h3,7H,1,4-6H2. The molecule has 0 aromatic rings. The predicted octanol–water partition coefficient (Wildman–Crippen LogP) is 0.796. The predicted molar refractivity (Wildman–Crippen MR) is 40.9 cm³/mol. The van der Waals surface area contributed by atoms with Crippen LogP contribution in [-0.2, 0) is 0 Å². The minimum Gasteiger partial charge on any atom is -0.374 e. The van der Waals surface area contributed by atoms with E-state index in [-0.39, 0.29) is 0 Å². The van der Waals surface area contributed by atoms with Gasteiger partial charge < -0.3 is 5.32 Å². The van der Waals surface area contributed by atoms with E-state index in [1.165, 1.54) is 13.1 Å². The first-order valence-electron chi connectivity index (χ1n) is 2.89. The maximum Gasteiger partial charge on any atom is 0.0757 e. The second kappa shape index (κ2) is 3.62. The molecule has 0 aromatic carbocycles. The SMILES string of the molecule is C=C=CNCSN1CC1. The van der Waals surface area contributed by atoms with Crippen molar-refractivity contribution in [3.63, 3.8) is 0 Å². The van der Waals surface area contributed by atoms with Crippen LogP contribution in [0.15, 0.2) is 18.5 Å². The van der Waals surface area contributed by atoms with Gasteiger partial charge in [0, 0.05) is 19.3 Å². The monoisotopic (exact) mass is 142 g/mol. The van der Waals surface area contributed by atoms with Crippen molar-refractivity contribution in [2.45, 2.75) is 0 Å². The fourth-order valence-electron chi connectivity index (χ4n) is 0.412. The van der Waals surface area contributed by atoms with Gasteiger partial charge in [0.05, 0.1) is 5.88 Å². The normalized spacial score (nSPS) is 16.4. The van der Waals surface area contributed by atoms with Crippen molar-refractivity contribution >= 4 is 11.9 Å². The topological polar surface area (TPSA) is 15.0 Å². The van der Waals surface area contributed by atoms with Gasteiger partial charge in [-0.15, -0.1) is 5.73 Å². The molecule has 0 unspecified atom stereocenters. The molecular weight excluding hydrogens is 132 g/mol. The van der Waals surface area contributed by atoms with Crippen LogP contribution in [0, 0.1) is 0 Å². The molecule has 0 radical (unpaired) electrons. The van der Waals surface area contributed by atoms with E-state index in [4.69, 9.17) is 0 Å². The molecule has 0 spiro atoms. The Kier molecular flexibility index (Phi) is 2.71. The first kappa shape index (κ1) is 6.75. The molecule has 0 aliphatic carbocycles. The molecule has 1 aliphatic rings. The first-order valence-corrected chi connectivity index (χ1v) is 3.83. The van der Waals surface area contributed by atoms with Gasteiger partial charge in [0.1, 0.15) is 0 Å². The van der Waals surface area contributed by atoms with Gasteiger partial charge in [-0.1, -0.05) is 18.5 Å². The molecule has 1 heterocycles. The van der Waals surface area contributed by atoms with E-state index in [2.05, 4.69) is 21.9 Å². The van der Waals surface area contributed by atoms with E-state index in [1.54, 1.807) is 18.1 Å². The van der Waals surface area contributed by atoms with Gasteiger partial charge in [0.15, 0.2) is 0 Å². The van der Waals surface area contributed by atoms with Gasteiger partial charge in [0.2, 0.25) is 0 Å². The lowest BCUT2D eigenvalue weighted by Crippen LogP contribution is -2.03. The summed E-state index contributed by atoms with van der Waals surface area (Å²) in [6, 6.07) is 0. The number of nitrogens with one attached hydrogen (secondary N) is 1. The van der Waals surface area contributed by atoms with E-state index in [1.807, 2.05) is 0 Å². The molecule has 2 nitrogen and oxygen atoms in total. The fourth-order valence-corrected chi connectivity index (χ4v) is 1.09. The van der Waals surface area contributed by atoms with Crippen LogP contribution in [0.3, 0.4) is 0 Å². The van der Waals surface area contributed by atoms with Gasteiger partial charge in [-0.25, -0.2) is 4.31 Å². The Balaban J connectivity index is 1.86. The molecule has 0 atom stereocenters. The summed E-state index contributed by atoms with van der Waals surface area (Å²) in [5.41, 5.74) is 2.64. The minimum absolute atomic E-state index is 0.933. The maximum absolute atomic E-state index is 3.43. The molecular formula is C6H10N2S. The fraction of sp³-hybridized carbons (Fsp3) is 0.500. The zero-order chi connectivity index (χ0) is 6.53. The minimum atomic E-state index is 0.933. The van der Waals surface area contributed by atoms with E-state index >= 15 is 0 Å². The quantitative estimate of drug-likeness (QED) is 0.205. The highest BCUT2D eigenvalue weighted by molar-refractivity contribution is 7.97. The largest absolute Gasteiger partial charge is 0.374 e. The smallest absolute Gasteiger partial charge is 0.0757 e. The second-order valence-corrected chi connectivity index (χ2v) is 2.82. The number of nitrogens with zero attached hydrogens (tertiary/aromatic N) is 1. The van der Waals surface area contributed by atoms with Crippen molar-refractivity contribution in [1.82, 2.24) is 9.62 Å². The zero-order valence-electron chi connectivity index (χ0n) is 5.26. The summed E-state index contributed by atoms with van der Waals surface area (Å²) in [6.07, 6.45) is 1.73. The van der Waals surface area contributed by atoms with Crippen molar-refractivity contribution in [2.75, 3.05) is 19.0 Å². The van der Waals surface area contributed by atoms with E-state index in [9.17, 15) is 0 Å². The summed E-state index contributed by atoms with van der Waals surface area (Å²) in [5.74, 6) is 0.933. The van der Waals surface area contributed by atoms with Crippen molar-refractivity contribution < 1.29 is 0 Å². The van der Waals surface area contributed by atoms with Crippen LogP contribution < -0.4 is 5.32 Å². The van der Waals surface area contributed by atoms with E-state index in [0.29, 0.717) is 0 Å². The van der Waals surface area contributed by atoms with Gasteiger partial charge in [-0.05, 0) is 0 Å². The summed E-state index contributed by atoms with van der Waals surface area (Å²) in [7, 11) is 0. The molecule has 1 fully saturated rings. The second-order valence-electron chi connectivity index (χ2n) is 1.76. The summed E-state index contributed by atoms with van der Waals surface area (Å²) < 4.78 is 2.28.